The van der Waals surface area contributed by atoms with Crippen LogP contribution in [0, 0.1) is 12.3 Å². The van der Waals surface area contributed by atoms with E-state index in [2.05, 4.69) is 11.2 Å². The minimum absolute atomic E-state index is 0.0252. The molecule has 0 heterocycles. The average Bonchev–Trinajstić information content (AvgIpc) is 2.17. The highest BCUT2D eigenvalue weighted by Crippen LogP contribution is 2.24. The van der Waals surface area contributed by atoms with Crippen molar-refractivity contribution in [3.8, 4) is 18.1 Å². The summed E-state index contributed by atoms with van der Waals surface area (Å²) in [7, 11) is 0. The minimum atomic E-state index is -0.373. The normalized spacial score (nSPS) is 13.2. The molecule has 0 radical (unpaired) electrons. The smallest absolute Gasteiger partial charge is 0.120 e. The van der Waals surface area contributed by atoms with Gasteiger partial charge in [-0.2, -0.15) is 0 Å². The lowest BCUT2D eigenvalue weighted by molar-refractivity contribution is 0.409. The highest BCUT2D eigenvalue weighted by atomic mass is 16.3. The Kier molecular flexibility index (Phi) is 3.39. The average molecular weight is 203 g/mol. The number of phenols is 1. The Morgan fingerprint density at radius 2 is 2.00 bits per heavy atom. The summed E-state index contributed by atoms with van der Waals surface area (Å²) in [6.45, 7) is 5.85. The van der Waals surface area contributed by atoms with Crippen molar-refractivity contribution >= 4 is 0 Å². The van der Waals surface area contributed by atoms with Crippen LogP contribution in [0.5, 0.6) is 5.75 Å². The van der Waals surface area contributed by atoms with Crippen LogP contribution in [0.2, 0.25) is 0 Å². The summed E-state index contributed by atoms with van der Waals surface area (Å²) in [5, 5.41) is 12.9. The topological polar surface area (TPSA) is 32.3 Å². The molecule has 0 bridgehead atoms. The lowest BCUT2D eigenvalue weighted by Gasteiger charge is -2.25. The first-order valence-corrected chi connectivity index (χ1v) is 4.99. The van der Waals surface area contributed by atoms with Crippen molar-refractivity contribution in [1.29, 1.82) is 0 Å². The molecule has 2 N–H and O–H groups in total. The van der Waals surface area contributed by atoms with Crippen molar-refractivity contribution in [2.24, 2.45) is 0 Å². The van der Waals surface area contributed by atoms with Gasteiger partial charge in [-0.1, -0.05) is 24.1 Å². The van der Waals surface area contributed by atoms with Crippen molar-refractivity contribution in [2.75, 3.05) is 0 Å². The summed E-state index contributed by atoms with van der Waals surface area (Å²) in [5.41, 5.74) is 0.489. The van der Waals surface area contributed by atoms with Crippen molar-refractivity contribution in [2.45, 2.75) is 32.4 Å². The van der Waals surface area contributed by atoms with Gasteiger partial charge in [0.05, 0.1) is 5.54 Å². The van der Waals surface area contributed by atoms with Gasteiger partial charge < -0.3 is 5.11 Å². The third kappa shape index (κ3) is 3.00. The zero-order valence-electron chi connectivity index (χ0n) is 9.41. The molecule has 1 unspecified atom stereocenters. The molecule has 0 aromatic heterocycles. The molecule has 1 aromatic carbocycles. The van der Waals surface area contributed by atoms with Crippen molar-refractivity contribution in [1.82, 2.24) is 5.32 Å². The fourth-order valence-corrected chi connectivity index (χ4v) is 1.51. The molecule has 1 atom stereocenters. The Morgan fingerprint density at radius 3 is 2.53 bits per heavy atom. The Balaban J connectivity index is 2.83. The second kappa shape index (κ2) is 4.37. The van der Waals surface area contributed by atoms with Crippen LogP contribution in [0.1, 0.15) is 32.4 Å². The van der Waals surface area contributed by atoms with E-state index >= 15 is 0 Å². The first-order valence-electron chi connectivity index (χ1n) is 4.99. The number of benzene rings is 1. The third-order valence-corrected chi connectivity index (χ3v) is 2.34. The quantitative estimate of drug-likeness (QED) is 0.740. The summed E-state index contributed by atoms with van der Waals surface area (Å²) in [6.07, 6.45) is 5.40. The molecule has 1 rings (SSSR count). The summed E-state index contributed by atoms with van der Waals surface area (Å²) >= 11 is 0. The molecule has 0 fully saturated rings. The summed E-state index contributed by atoms with van der Waals surface area (Å²) in [4.78, 5) is 0. The number of hydrogen-bond acceptors (Lipinski definition) is 2. The van der Waals surface area contributed by atoms with Crippen LogP contribution in [0.4, 0.5) is 0 Å². The van der Waals surface area contributed by atoms with E-state index in [1.807, 2.05) is 32.9 Å². The van der Waals surface area contributed by atoms with Crippen LogP contribution in [-0.4, -0.2) is 10.6 Å². The number of phenolic OH excluding ortho intramolecular Hbond substituents is 1. The number of rotatable bonds is 3. The van der Waals surface area contributed by atoms with E-state index in [9.17, 15) is 5.11 Å². The molecule has 1 aromatic rings. The monoisotopic (exact) mass is 203 g/mol. The lowest BCUT2D eigenvalue weighted by Crippen LogP contribution is -2.39. The second-order valence-electron chi connectivity index (χ2n) is 4.19. The number of aromatic hydroxyl groups is 1. The Morgan fingerprint density at radius 1 is 1.40 bits per heavy atom. The van der Waals surface area contributed by atoms with Gasteiger partial charge in [0, 0.05) is 11.6 Å². The number of para-hydroxylation sites is 1. The lowest BCUT2D eigenvalue weighted by atomic mass is 10.0. The predicted octanol–water partition coefficient (Wildman–Crippen LogP) is 2.45. The standard InChI is InChI=1S/C13H17NO/c1-5-13(3,4)14-10(2)11-8-6-7-9-12(11)15/h1,6-10,14-15H,2-4H3. The summed E-state index contributed by atoms with van der Waals surface area (Å²) in [5.74, 6) is 2.97. The SMILES string of the molecule is C#CC(C)(C)NC(C)c1ccccc1O. The van der Waals surface area contributed by atoms with Crippen LogP contribution < -0.4 is 5.32 Å². The van der Waals surface area contributed by atoms with Gasteiger partial charge in [-0.05, 0) is 26.8 Å². The number of hydrogen-bond donors (Lipinski definition) is 2. The van der Waals surface area contributed by atoms with E-state index in [1.54, 1.807) is 12.1 Å². The first-order chi connectivity index (χ1) is 6.96. The molecule has 0 aliphatic carbocycles. The predicted molar refractivity (Wildman–Crippen MR) is 62.6 cm³/mol. The van der Waals surface area contributed by atoms with Gasteiger partial charge in [0.1, 0.15) is 5.75 Å². The number of terminal acetylenes is 1. The van der Waals surface area contributed by atoms with Crippen molar-refractivity contribution < 1.29 is 5.11 Å². The van der Waals surface area contributed by atoms with E-state index in [0.29, 0.717) is 5.75 Å². The maximum atomic E-state index is 9.66. The maximum Gasteiger partial charge on any atom is 0.120 e. The molecule has 0 saturated heterocycles. The second-order valence-corrected chi connectivity index (χ2v) is 4.19. The molecule has 15 heavy (non-hydrogen) atoms. The highest BCUT2D eigenvalue weighted by molar-refractivity contribution is 5.34. The molecular formula is C13H17NO. The first kappa shape index (κ1) is 11.6. The summed E-state index contributed by atoms with van der Waals surface area (Å²) in [6, 6.07) is 7.29. The van der Waals surface area contributed by atoms with Crippen LogP contribution in [0.15, 0.2) is 24.3 Å². The van der Waals surface area contributed by atoms with Crippen LogP contribution in [-0.2, 0) is 0 Å². The van der Waals surface area contributed by atoms with Crippen LogP contribution in [0.25, 0.3) is 0 Å². The molecule has 0 aliphatic heterocycles. The highest BCUT2D eigenvalue weighted by Gasteiger charge is 2.19. The van der Waals surface area contributed by atoms with Crippen molar-refractivity contribution in [3.05, 3.63) is 29.8 Å². The molecule has 0 aliphatic rings. The fourth-order valence-electron chi connectivity index (χ4n) is 1.51. The largest absolute Gasteiger partial charge is 0.508 e. The van der Waals surface area contributed by atoms with Gasteiger partial charge in [-0.25, -0.2) is 0 Å². The van der Waals surface area contributed by atoms with Gasteiger partial charge in [0.25, 0.3) is 0 Å². The Labute approximate surface area is 91.3 Å². The van der Waals surface area contributed by atoms with Crippen molar-refractivity contribution in [3.63, 3.8) is 0 Å². The van der Waals surface area contributed by atoms with Gasteiger partial charge >= 0.3 is 0 Å². The Hall–Kier alpha value is -1.46. The van der Waals surface area contributed by atoms with E-state index in [-0.39, 0.29) is 11.6 Å². The van der Waals surface area contributed by atoms with Gasteiger partial charge in [-0.15, -0.1) is 6.42 Å². The third-order valence-electron chi connectivity index (χ3n) is 2.34. The number of nitrogens with one attached hydrogen (secondary N) is 1. The van der Waals surface area contributed by atoms with E-state index < -0.39 is 0 Å². The van der Waals surface area contributed by atoms with Gasteiger partial charge in [0.2, 0.25) is 0 Å². The molecular weight excluding hydrogens is 186 g/mol. The molecule has 2 heteroatoms. The van der Waals surface area contributed by atoms with Gasteiger partial charge in [0.15, 0.2) is 0 Å². The molecule has 0 saturated carbocycles. The zero-order valence-corrected chi connectivity index (χ0v) is 9.41. The van der Waals surface area contributed by atoms with Crippen LogP contribution >= 0.6 is 0 Å². The summed E-state index contributed by atoms with van der Waals surface area (Å²) < 4.78 is 0. The maximum absolute atomic E-state index is 9.66. The van der Waals surface area contributed by atoms with E-state index in [1.165, 1.54) is 0 Å². The molecule has 0 spiro atoms. The minimum Gasteiger partial charge on any atom is -0.508 e. The molecule has 80 valence electrons. The van der Waals surface area contributed by atoms with Crippen LogP contribution in [0.3, 0.4) is 0 Å². The van der Waals surface area contributed by atoms with E-state index in [0.717, 1.165) is 5.56 Å². The molecule has 2 nitrogen and oxygen atoms in total. The van der Waals surface area contributed by atoms with Gasteiger partial charge in [-0.3, -0.25) is 5.32 Å². The molecule has 0 amide bonds. The Bertz CT molecular complexity index is 376. The van der Waals surface area contributed by atoms with E-state index in [4.69, 9.17) is 6.42 Å². The fraction of sp³-hybridized carbons (Fsp3) is 0.385. The zero-order chi connectivity index (χ0) is 11.5.